The van der Waals surface area contributed by atoms with Crippen LogP contribution in [0.15, 0.2) is 90.5 Å². The van der Waals surface area contributed by atoms with E-state index in [9.17, 15) is 27.9 Å². The normalized spacial score (nSPS) is 13.6. The fourth-order valence-corrected chi connectivity index (χ4v) is 5.41. The predicted octanol–water partition coefficient (Wildman–Crippen LogP) is 7.66. The van der Waals surface area contributed by atoms with Crippen molar-refractivity contribution in [3.63, 3.8) is 0 Å². The molecule has 11 heteroatoms. The van der Waals surface area contributed by atoms with Crippen LogP contribution in [-0.2, 0) is 14.3 Å². The SMILES string of the molecule is CCCCOCCOc1ccc(-c2ccc3c(c2)C=C(C(=O)Nc2ccc(C(O)c4cccc(C)n4)cc2)CCN3C(=O)C(F)(F)F)cc1. The third kappa shape index (κ3) is 9.13. The number of amides is 2. The van der Waals surface area contributed by atoms with Gasteiger partial charge in [0.1, 0.15) is 18.5 Å². The molecule has 0 fully saturated rings. The Bertz CT molecular complexity index is 1790. The van der Waals surface area contributed by atoms with E-state index in [0.717, 1.165) is 24.1 Å². The average molecular weight is 674 g/mol. The molecule has 3 aromatic carbocycles. The maximum absolute atomic E-state index is 13.6. The van der Waals surface area contributed by atoms with E-state index >= 15 is 0 Å². The molecule has 4 aromatic rings. The lowest BCUT2D eigenvalue weighted by molar-refractivity contribution is -0.170. The molecule has 0 spiro atoms. The van der Waals surface area contributed by atoms with Crippen molar-refractivity contribution in [1.82, 2.24) is 4.98 Å². The highest BCUT2D eigenvalue weighted by atomic mass is 19.4. The summed E-state index contributed by atoms with van der Waals surface area (Å²) in [6, 6.07) is 24.0. The van der Waals surface area contributed by atoms with Crippen molar-refractivity contribution in [3.05, 3.63) is 113 Å². The van der Waals surface area contributed by atoms with E-state index in [0.29, 0.717) is 58.5 Å². The number of hydrogen-bond donors (Lipinski definition) is 2. The molecule has 1 aliphatic rings. The first-order valence-corrected chi connectivity index (χ1v) is 16.1. The molecular weight excluding hydrogens is 635 g/mol. The van der Waals surface area contributed by atoms with Crippen LogP contribution in [-0.4, -0.2) is 54.4 Å². The summed E-state index contributed by atoms with van der Waals surface area (Å²) in [4.78, 5) is 31.0. The minimum atomic E-state index is -5.10. The molecule has 8 nitrogen and oxygen atoms in total. The highest BCUT2D eigenvalue weighted by Crippen LogP contribution is 2.35. The first kappa shape index (κ1) is 35.3. The van der Waals surface area contributed by atoms with Crippen LogP contribution in [0, 0.1) is 6.92 Å². The van der Waals surface area contributed by atoms with Crippen LogP contribution in [0.4, 0.5) is 24.5 Å². The first-order chi connectivity index (χ1) is 23.5. The summed E-state index contributed by atoms with van der Waals surface area (Å²) in [6.45, 7) is 5.14. The van der Waals surface area contributed by atoms with E-state index < -0.39 is 24.1 Å². The molecule has 0 saturated carbocycles. The summed E-state index contributed by atoms with van der Waals surface area (Å²) < 4.78 is 52.2. The fourth-order valence-electron chi connectivity index (χ4n) is 5.41. The second kappa shape index (κ2) is 15.9. The molecule has 0 aliphatic carbocycles. The lowest BCUT2D eigenvalue weighted by Gasteiger charge is -2.24. The van der Waals surface area contributed by atoms with E-state index in [2.05, 4.69) is 17.2 Å². The molecule has 0 saturated heterocycles. The van der Waals surface area contributed by atoms with Crippen LogP contribution in [0.25, 0.3) is 17.2 Å². The van der Waals surface area contributed by atoms with Gasteiger partial charge in [0.2, 0.25) is 0 Å². The Morgan fingerprint density at radius 1 is 0.959 bits per heavy atom. The minimum Gasteiger partial charge on any atom is -0.491 e. The number of anilines is 2. The smallest absolute Gasteiger partial charge is 0.471 e. The van der Waals surface area contributed by atoms with Crippen molar-refractivity contribution >= 4 is 29.3 Å². The van der Waals surface area contributed by atoms with Crippen LogP contribution in [0.2, 0.25) is 0 Å². The van der Waals surface area contributed by atoms with Gasteiger partial charge in [0.05, 0.1) is 18.0 Å². The zero-order valence-corrected chi connectivity index (χ0v) is 27.3. The zero-order chi connectivity index (χ0) is 35.0. The third-order valence-electron chi connectivity index (χ3n) is 8.03. The van der Waals surface area contributed by atoms with Gasteiger partial charge in [0, 0.05) is 30.1 Å². The van der Waals surface area contributed by atoms with Crippen molar-refractivity contribution in [2.45, 2.75) is 45.4 Å². The summed E-state index contributed by atoms with van der Waals surface area (Å²) in [5, 5.41) is 13.5. The van der Waals surface area contributed by atoms with Crippen LogP contribution in [0.5, 0.6) is 5.75 Å². The Morgan fingerprint density at radius 3 is 2.39 bits per heavy atom. The number of nitrogens with zero attached hydrogens (tertiary/aromatic N) is 2. The maximum atomic E-state index is 13.6. The number of nitrogens with one attached hydrogen (secondary N) is 1. The molecule has 2 N–H and O–H groups in total. The lowest BCUT2D eigenvalue weighted by atomic mass is 10.00. The summed E-state index contributed by atoms with van der Waals surface area (Å²) >= 11 is 0. The number of rotatable bonds is 12. The van der Waals surface area contributed by atoms with Crippen LogP contribution >= 0.6 is 0 Å². The molecule has 1 atom stereocenters. The second-order valence-electron chi connectivity index (χ2n) is 11.7. The van der Waals surface area contributed by atoms with Gasteiger partial charge in [-0.3, -0.25) is 14.6 Å². The molecule has 2 amide bonds. The Morgan fingerprint density at radius 2 is 1.69 bits per heavy atom. The standard InChI is InChI=1S/C38H38F3N3O5/c1-3-4-20-48-21-22-49-32-15-10-26(11-16-32)28-12-17-34-30(23-28)24-29(18-19-44(34)37(47)38(39,40)41)36(46)43-31-13-8-27(9-14-31)35(45)33-7-5-6-25(2)42-33/h5-17,23-24,35,45H,3-4,18-22H2,1-2H3,(H,43,46). The number of benzene rings is 3. The quantitative estimate of drug-likeness (QED) is 0.150. The molecule has 0 radical (unpaired) electrons. The Balaban J connectivity index is 1.35. The number of ether oxygens (including phenoxy) is 2. The number of alkyl halides is 3. The Hall–Kier alpha value is -5.00. The van der Waals surface area contributed by atoms with Gasteiger partial charge >= 0.3 is 12.1 Å². The number of carbonyl (C=O) groups excluding carboxylic acids is 2. The summed E-state index contributed by atoms with van der Waals surface area (Å²) in [5.74, 6) is -1.88. The van der Waals surface area contributed by atoms with E-state index in [1.807, 2.05) is 25.1 Å². The lowest BCUT2D eigenvalue weighted by Crippen LogP contribution is -2.42. The van der Waals surface area contributed by atoms with Gasteiger partial charge in [-0.25, -0.2) is 0 Å². The molecule has 0 bridgehead atoms. The molecule has 2 heterocycles. The Labute approximate surface area is 283 Å². The maximum Gasteiger partial charge on any atom is 0.471 e. The van der Waals surface area contributed by atoms with Gasteiger partial charge in [-0.15, -0.1) is 0 Å². The van der Waals surface area contributed by atoms with Gasteiger partial charge in [-0.1, -0.05) is 49.7 Å². The average Bonchev–Trinajstić information content (AvgIpc) is 3.29. The minimum absolute atomic E-state index is 0.0556. The van der Waals surface area contributed by atoms with E-state index in [4.69, 9.17) is 9.47 Å². The molecule has 5 rings (SSSR count). The molecular formula is C38H38F3N3O5. The topological polar surface area (TPSA) is 101 Å². The zero-order valence-electron chi connectivity index (χ0n) is 27.3. The van der Waals surface area contributed by atoms with Gasteiger partial charge in [-0.05, 0) is 96.6 Å². The monoisotopic (exact) mass is 673 g/mol. The largest absolute Gasteiger partial charge is 0.491 e. The van der Waals surface area contributed by atoms with Crippen molar-refractivity contribution in [2.75, 3.05) is 36.6 Å². The summed E-state index contributed by atoms with van der Waals surface area (Å²) in [6.07, 6.45) is -2.60. The van der Waals surface area contributed by atoms with Gasteiger partial charge in [0.25, 0.3) is 5.91 Å². The van der Waals surface area contributed by atoms with Crippen molar-refractivity contribution < 1.29 is 37.3 Å². The van der Waals surface area contributed by atoms with E-state index in [1.165, 1.54) is 12.1 Å². The predicted molar refractivity (Wildman–Crippen MR) is 182 cm³/mol. The number of aryl methyl sites for hydroxylation is 1. The highest BCUT2D eigenvalue weighted by molar-refractivity contribution is 6.09. The number of unbranched alkanes of at least 4 members (excludes halogenated alkanes) is 1. The number of pyridine rings is 1. The van der Waals surface area contributed by atoms with Crippen molar-refractivity contribution in [1.29, 1.82) is 0 Å². The van der Waals surface area contributed by atoms with Crippen molar-refractivity contribution in [3.8, 4) is 16.9 Å². The number of aliphatic hydroxyl groups is 1. The number of halogens is 3. The van der Waals surface area contributed by atoms with Crippen LogP contribution in [0.3, 0.4) is 0 Å². The number of aromatic nitrogens is 1. The fraction of sp³-hybridized carbons (Fsp3) is 0.289. The van der Waals surface area contributed by atoms with Gasteiger partial charge in [-0.2, -0.15) is 13.2 Å². The summed E-state index contributed by atoms with van der Waals surface area (Å²) in [5.41, 5.74) is 4.27. The number of aliphatic hydroxyl groups excluding tert-OH is 1. The van der Waals surface area contributed by atoms with E-state index in [1.54, 1.807) is 60.7 Å². The Kier molecular flexibility index (Phi) is 11.5. The van der Waals surface area contributed by atoms with Crippen LogP contribution < -0.4 is 15.0 Å². The van der Waals surface area contributed by atoms with Gasteiger partial charge < -0.3 is 24.8 Å². The number of carbonyl (C=O) groups is 2. The first-order valence-electron chi connectivity index (χ1n) is 16.1. The molecule has 1 aliphatic heterocycles. The number of hydrogen-bond acceptors (Lipinski definition) is 6. The molecule has 49 heavy (non-hydrogen) atoms. The van der Waals surface area contributed by atoms with Crippen LogP contribution in [0.1, 0.15) is 54.8 Å². The van der Waals surface area contributed by atoms with Crippen molar-refractivity contribution in [2.24, 2.45) is 0 Å². The third-order valence-corrected chi connectivity index (χ3v) is 8.03. The summed E-state index contributed by atoms with van der Waals surface area (Å²) in [7, 11) is 0. The van der Waals surface area contributed by atoms with Gasteiger partial charge in [0.15, 0.2) is 0 Å². The molecule has 1 unspecified atom stereocenters. The highest BCUT2D eigenvalue weighted by Gasteiger charge is 2.44. The molecule has 256 valence electrons. The molecule has 1 aromatic heterocycles. The number of fused-ring (bicyclic) bond motifs is 1. The second-order valence-corrected chi connectivity index (χ2v) is 11.7. The van der Waals surface area contributed by atoms with E-state index in [-0.39, 0.29) is 24.2 Å².